The molecule has 2 aromatic rings. The van der Waals surface area contributed by atoms with E-state index in [-0.39, 0.29) is 0 Å². The minimum atomic E-state index is -1.97. The van der Waals surface area contributed by atoms with Gasteiger partial charge < -0.3 is 23.7 Å². The van der Waals surface area contributed by atoms with Gasteiger partial charge in [-0.15, -0.1) is 0 Å². The monoisotopic (exact) mass is 576 g/mol. The number of nitrogens with zero attached hydrogens (tertiary/aromatic N) is 2. The first-order chi connectivity index (χ1) is 20.0. The van der Waals surface area contributed by atoms with Crippen LogP contribution in [0.25, 0.3) is 0 Å². The number of hydrogen-bond donors (Lipinski definition) is 0. The maximum Gasteiger partial charge on any atom is 0.331 e. The van der Waals surface area contributed by atoms with E-state index < -0.39 is 52.7 Å². The van der Waals surface area contributed by atoms with Crippen molar-refractivity contribution < 1.29 is 38.1 Å². The summed E-state index contributed by atoms with van der Waals surface area (Å²) >= 11 is 0. The molecule has 6 rings (SSSR count). The Balaban J connectivity index is 1.61. The summed E-state index contributed by atoms with van der Waals surface area (Å²) in [7, 11) is 3.01. The number of carbonyl (C=O) groups excluding carboxylic acids is 3. The Morgan fingerprint density at radius 1 is 0.952 bits per heavy atom. The number of hydrogen-bond acceptors (Lipinski definition) is 10. The van der Waals surface area contributed by atoms with Gasteiger partial charge in [-0.2, -0.15) is 5.10 Å². The number of fused-ring (bicyclic) bond motifs is 4. The molecule has 1 saturated carbocycles. The van der Waals surface area contributed by atoms with Crippen molar-refractivity contribution in [1.82, 2.24) is 5.01 Å². The topological polar surface area (TPSA) is 113 Å². The van der Waals surface area contributed by atoms with Gasteiger partial charge in [0.25, 0.3) is 5.79 Å². The van der Waals surface area contributed by atoms with Gasteiger partial charge in [-0.05, 0) is 62.4 Å². The third kappa shape index (κ3) is 4.22. The summed E-state index contributed by atoms with van der Waals surface area (Å²) in [4.78, 5) is 43.5. The molecule has 3 aliphatic heterocycles. The largest absolute Gasteiger partial charge is 0.493 e. The average Bonchev–Trinajstić information content (AvgIpc) is 3.28. The van der Waals surface area contributed by atoms with Crippen LogP contribution < -0.4 is 9.47 Å². The number of benzene rings is 2. The molecule has 0 N–H and O–H groups in total. The Morgan fingerprint density at radius 2 is 1.62 bits per heavy atom. The lowest BCUT2D eigenvalue weighted by atomic mass is 9.65. The van der Waals surface area contributed by atoms with Crippen molar-refractivity contribution in [3.63, 3.8) is 0 Å². The molecule has 0 amide bonds. The van der Waals surface area contributed by atoms with Gasteiger partial charge in [0, 0.05) is 18.8 Å². The molecule has 2 saturated heterocycles. The zero-order valence-corrected chi connectivity index (χ0v) is 24.5. The molecule has 0 aromatic heterocycles. The molecule has 3 atom stereocenters. The molecule has 1 aliphatic carbocycles. The molecule has 1 unspecified atom stereocenters. The standard InChI is InChI=1S/C32H36N2O8/c1-30(2,3)40-27(35)25-24(19-13-14-22(38-4)23(17-19)39-5)32(26-21-12-8-7-11-20(21)18-33-34(25)26)28(36)41-31(42-29(32)37)15-9-6-10-16-31/h7-8,11-14,17-18,24-26H,6,9-10,15-16H2,1-5H3/t24-,25+,26?/m1/s1. The number of esters is 3. The maximum atomic E-state index is 14.7. The number of hydrazone groups is 1. The second kappa shape index (κ2) is 10.0. The number of methoxy groups -OCH3 is 2. The van der Waals surface area contributed by atoms with E-state index in [1.807, 2.05) is 24.3 Å². The first-order valence-electron chi connectivity index (χ1n) is 14.4. The Bertz CT molecular complexity index is 1430. The van der Waals surface area contributed by atoms with Crippen LogP contribution in [0.15, 0.2) is 47.6 Å². The van der Waals surface area contributed by atoms with Crippen LogP contribution in [0.1, 0.15) is 81.5 Å². The Morgan fingerprint density at radius 3 is 2.26 bits per heavy atom. The van der Waals surface area contributed by atoms with E-state index in [1.165, 1.54) is 19.2 Å². The molecule has 2 aromatic carbocycles. The fourth-order valence-corrected chi connectivity index (χ4v) is 6.95. The lowest BCUT2D eigenvalue weighted by Crippen LogP contribution is -2.60. The van der Waals surface area contributed by atoms with Gasteiger partial charge in [0.2, 0.25) is 5.41 Å². The Hall–Kier alpha value is -4.08. The predicted molar refractivity (Wildman–Crippen MR) is 151 cm³/mol. The molecule has 222 valence electrons. The first kappa shape index (κ1) is 28.1. The van der Waals surface area contributed by atoms with Crippen molar-refractivity contribution in [2.75, 3.05) is 14.2 Å². The van der Waals surface area contributed by atoms with E-state index in [0.29, 0.717) is 35.5 Å². The molecule has 0 radical (unpaired) electrons. The van der Waals surface area contributed by atoms with E-state index in [0.717, 1.165) is 24.8 Å². The normalized spacial score (nSPS) is 25.4. The van der Waals surface area contributed by atoms with Gasteiger partial charge in [-0.1, -0.05) is 36.8 Å². The predicted octanol–water partition coefficient (Wildman–Crippen LogP) is 4.65. The van der Waals surface area contributed by atoms with Gasteiger partial charge in [0.1, 0.15) is 11.6 Å². The van der Waals surface area contributed by atoms with Crippen LogP contribution in [0, 0.1) is 5.41 Å². The van der Waals surface area contributed by atoms with Crippen molar-refractivity contribution >= 4 is 24.1 Å². The molecule has 2 spiro atoms. The first-order valence-corrected chi connectivity index (χ1v) is 14.4. The summed E-state index contributed by atoms with van der Waals surface area (Å²) in [6.07, 6.45) is 5.01. The summed E-state index contributed by atoms with van der Waals surface area (Å²) < 4.78 is 29.4. The van der Waals surface area contributed by atoms with Crippen LogP contribution in [-0.4, -0.2) is 60.8 Å². The van der Waals surface area contributed by atoms with Crippen LogP contribution in [0.5, 0.6) is 11.5 Å². The zero-order chi connectivity index (χ0) is 29.9. The number of rotatable bonds is 4. The number of carbonyl (C=O) groups is 3. The van der Waals surface area contributed by atoms with Gasteiger partial charge in [0.05, 0.1) is 20.4 Å². The summed E-state index contributed by atoms with van der Waals surface area (Å²) in [6.45, 7) is 5.30. The molecule has 3 heterocycles. The summed E-state index contributed by atoms with van der Waals surface area (Å²) in [6, 6.07) is 10.3. The summed E-state index contributed by atoms with van der Waals surface area (Å²) in [5, 5.41) is 6.20. The second-order valence-electron chi connectivity index (χ2n) is 12.3. The average molecular weight is 577 g/mol. The smallest absolute Gasteiger partial charge is 0.331 e. The molecule has 10 heteroatoms. The van der Waals surface area contributed by atoms with E-state index in [9.17, 15) is 14.4 Å². The highest BCUT2D eigenvalue weighted by molar-refractivity contribution is 6.06. The quantitative estimate of drug-likeness (QED) is 0.379. The highest BCUT2D eigenvalue weighted by Crippen LogP contribution is 2.63. The van der Waals surface area contributed by atoms with E-state index >= 15 is 0 Å². The van der Waals surface area contributed by atoms with Crippen LogP contribution in [0.2, 0.25) is 0 Å². The lowest BCUT2D eigenvalue weighted by Gasteiger charge is -2.47. The van der Waals surface area contributed by atoms with Crippen molar-refractivity contribution in [3.8, 4) is 11.5 Å². The summed E-state index contributed by atoms with van der Waals surface area (Å²) in [5.41, 5.74) is -0.941. The molecule has 4 aliphatic rings. The van der Waals surface area contributed by atoms with Gasteiger partial charge in [-0.3, -0.25) is 14.6 Å². The van der Waals surface area contributed by atoms with Gasteiger partial charge in [-0.25, -0.2) is 4.79 Å². The zero-order valence-electron chi connectivity index (χ0n) is 24.5. The Labute approximate surface area is 244 Å². The SMILES string of the molecule is COc1ccc([C@@H]2[C@@H](C(=O)OC(C)(C)C)N3N=Cc4ccccc4C3C23C(=O)OC2(CCCCC2)OC3=O)cc1OC. The van der Waals surface area contributed by atoms with Crippen molar-refractivity contribution in [1.29, 1.82) is 0 Å². The van der Waals surface area contributed by atoms with Crippen molar-refractivity contribution in [2.24, 2.45) is 10.5 Å². The third-order valence-corrected chi connectivity index (χ3v) is 8.67. The van der Waals surface area contributed by atoms with E-state index in [1.54, 1.807) is 45.2 Å². The van der Waals surface area contributed by atoms with Crippen LogP contribution in [0.4, 0.5) is 0 Å². The lowest BCUT2D eigenvalue weighted by molar-refractivity contribution is -0.273. The molecule has 10 nitrogen and oxygen atoms in total. The Kier molecular flexibility index (Phi) is 6.70. The van der Waals surface area contributed by atoms with Crippen LogP contribution in [-0.2, 0) is 28.6 Å². The molecule has 42 heavy (non-hydrogen) atoms. The third-order valence-electron chi connectivity index (χ3n) is 8.67. The number of ether oxygens (including phenoxy) is 5. The highest BCUT2D eigenvalue weighted by atomic mass is 16.7. The minimum Gasteiger partial charge on any atom is -0.493 e. The molecular formula is C32H36N2O8. The van der Waals surface area contributed by atoms with Crippen molar-refractivity contribution in [2.45, 2.75) is 82.3 Å². The van der Waals surface area contributed by atoms with Crippen LogP contribution >= 0.6 is 0 Å². The van der Waals surface area contributed by atoms with Crippen LogP contribution in [0.3, 0.4) is 0 Å². The van der Waals surface area contributed by atoms with Gasteiger partial charge >= 0.3 is 17.9 Å². The second-order valence-corrected chi connectivity index (χ2v) is 12.3. The van der Waals surface area contributed by atoms with Gasteiger partial charge in [0.15, 0.2) is 17.5 Å². The fourth-order valence-electron chi connectivity index (χ4n) is 6.95. The maximum absolute atomic E-state index is 14.7. The minimum absolute atomic E-state index is 0.378. The van der Waals surface area contributed by atoms with E-state index in [2.05, 4.69) is 5.10 Å². The van der Waals surface area contributed by atoms with E-state index in [4.69, 9.17) is 23.7 Å². The highest BCUT2D eigenvalue weighted by Gasteiger charge is 2.76. The van der Waals surface area contributed by atoms with Crippen molar-refractivity contribution in [3.05, 3.63) is 59.2 Å². The molecule has 0 bridgehead atoms. The molecule has 3 fully saturated rings. The molecular weight excluding hydrogens is 540 g/mol. The summed E-state index contributed by atoms with van der Waals surface area (Å²) in [5.74, 6) is -3.66. The fraction of sp³-hybridized carbons (Fsp3) is 0.500.